The van der Waals surface area contributed by atoms with Gasteiger partial charge in [0.15, 0.2) is 0 Å². The summed E-state index contributed by atoms with van der Waals surface area (Å²) in [7, 11) is 0. The van der Waals surface area contributed by atoms with Gasteiger partial charge in [0.25, 0.3) is 0 Å². The maximum Gasteiger partial charge on any atom is 0.0625 e. The van der Waals surface area contributed by atoms with Gasteiger partial charge in [0.1, 0.15) is 0 Å². The summed E-state index contributed by atoms with van der Waals surface area (Å²) in [4.78, 5) is 0. The minimum absolute atomic E-state index is 0.751. The van der Waals surface area contributed by atoms with Crippen molar-refractivity contribution in [3.63, 3.8) is 0 Å². The maximum atomic E-state index is 6.38. The van der Waals surface area contributed by atoms with Crippen molar-refractivity contribution < 1.29 is 0 Å². The van der Waals surface area contributed by atoms with Gasteiger partial charge in [-0.25, -0.2) is 0 Å². The lowest BCUT2D eigenvalue weighted by Gasteiger charge is -2.12. The van der Waals surface area contributed by atoms with Crippen molar-refractivity contribution in [1.82, 2.24) is 4.57 Å². The van der Waals surface area contributed by atoms with Crippen LogP contribution >= 0.6 is 11.6 Å². The summed E-state index contributed by atoms with van der Waals surface area (Å²) in [5.41, 5.74) is 5.94. The van der Waals surface area contributed by atoms with Crippen LogP contribution in [0.1, 0.15) is 0 Å². The lowest BCUT2D eigenvalue weighted by atomic mass is 9.95. The normalized spacial score (nSPS) is 11.5. The molecule has 30 heavy (non-hydrogen) atoms. The molecule has 0 aliphatic rings. The van der Waals surface area contributed by atoms with Crippen LogP contribution in [0.5, 0.6) is 0 Å². The second-order valence-electron chi connectivity index (χ2n) is 7.57. The summed E-state index contributed by atoms with van der Waals surface area (Å²) in [5, 5.41) is 5.73. The summed E-state index contributed by atoms with van der Waals surface area (Å²) >= 11 is 6.38. The number of aromatic nitrogens is 1. The first kappa shape index (κ1) is 17.3. The fourth-order valence-electron chi connectivity index (χ4n) is 4.56. The standard InChI is InChI=1S/C28H18ClN/c29-21-11-8-10-19(17-21)25-18-20-9-4-5-14-23(20)28-27(25)24-15-6-7-16-26(24)30(28)22-12-2-1-3-13-22/h1-18H. The Balaban J connectivity index is 1.90. The lowest BCUT2D eigenvalue weighted by molar-refractivity contribution is 1.19. The molecule has 0 saturated heterocycles. The Hall–Kier alpha value is -3.55. The molecule has 0 amide bonds. The number of hydrogen-bond acceptors (Lipinski definition) is 0. The van der Waals surface area contributed by atoms with Crippen LogP contribution in [0.2, 0.25) is 5.02 Å². The van der Waals surface area contributed by atoms with Crippen molar-refractivity contribution in [2.75, 3.05) is 0 Å². The number of benzene rings is 5. The van der Waals surface area contributed by atoms with E-state index in [0.29, 0.717) is 0 Å². The van der Waals surface area contributed by atoms with Crippen molar-refractivity contribution in [3.8, 4) is 16.8 Å². The molecule has 6 rings (SSSR count). The van der Waals surface area contributed by atoms with Crippen LogP contribution in [0.4, 0.5) is 0 Å². The van der Waals surface area contributed by atoms with Gasteiger partial charge in [-0.2, -0.15) is 0 Å². The zero-order valence-corrected chi connectivity index (χ0v) is 17.0. The Morgan fingerprint density at radius 3 is 2.17 bits per heavy atom. The average Bonchev–Trinajstić information content (AvgIpc) is 3.15. The number of rotatable bonds is 2. The molecular formula is C28H18ClN. The topological polar surface area (TPSA) is 4.93 Å². The van der Waals surface area contributed by atoms with E-state index in [4.69, 9.17) is 11.6 Å². The van der Waals surface area contributed by atoms with Crippen LogP contribution < -0.4 is 0 Å². The van der Waals surface area contributed by atoms with Crippen LogP contribution in [0.25, 0.3) is 49.4 Å². The van der Waals surface area contributed by atoms with Crippen LogP contribution in [-0.2, 0) is 0 Å². The summed E-state index contributed by atoms with van der Waals surface area (Å²) in [5.74, 6) is 0. The van der Waals surface area contributed by atoms with E-state index in [9.17, 15) is 0 Å². The molecule has 0 unspecified atom stereocenters. The molecule has 1 aromatic heterocycles. The molecule has 0 aliphatic carbocycles. The van der Waals surface area contributed by atoms with Gasteiger partial charge < -0.3 is 4.57 Å². The monoisotopic (exact) mass is 403 g/mol. The number of hydrogen-bond donors (Lipinski definition) is 0. The Morgan fingerprint density at radius 2 is 1.33 bits per heavy atom. The van der Waals surface area contributed by atoms with Gasteiger partial charge in [0, 0.05) is 26.9 Å². The summed E-state index contributed by atoms with van der Waals surface area (Å²) in [6, 6.07) is 38.3. The van der Waals surface area contributed by atoms with E-state index in [-0.39, 0.29) is 0 Å². The predicted octanol–water partition coefficient (Wildman–Crippen LogP) is 8.26. The van der Waals surface area contributed by atoms with Crippen LogP contribution in [0.15, 0.2) is 109 Å². The summed E-state index contributed by atoms with van der Waals surface area (Å²) in [6.45, 7) is 0. The smallest absolute Gasteiger partial charge is 0.0625 e. The number of fused-ring (bicyclic) bond motifs is 5. The average molecular weight is 404 g/mol. The quantitative estimate of drug-likeness (QED) is 0.274. The van der Waals surface area contributed by atoms with E-state index >= 15 is 0 Å². The third-order valence-corrected chi connectivity index (χ3v) is 6.04. The van der Waals surface area contributed by atoms with Gasteiger partial charge in [-0.15, -0.1) is 0 Å². The predicted molar refractivity (Wildman–Crippen MR) is 129 cm³/mol. The second-order valence-corrected chi connectivity index (χ2v) is 8.00. The van der Waals surface area contributed by atoms with E-state index in [0.717, 1.165) is 16.3 Å². The zero-order valence-electron chi connectivity index (χ0n) is 16.2. The Morgan fingerprint density at radius 1 is 0.600 bits per heavy atom. The minimum Gasteiger partial charge on any atom is -0.309 e. The summed E-state index contributed by atoms with van der Waals surface area (Å²) in [6.07, 6.45) is 0. The van der Waals surface area contributed by atoms with Gasteiger partial charge in [0.2, 0.25) is 0 Å². The maximum absolute atomic E-state index is 6.38. The molecular weight excluding hydrogens is 386 g/mol. The first-order valence-electron chi connectivity index (χ1n) is 10.1. The number of nitrogens with zero attached hydrogens (tertiary/aromatic N) is 1. The van der Waals surface area contributed by atoms with Crippen molar-refractivity contribution in [2.24, 2.45) is 0 Å². The third kappa shape index (κ3) is 2.56. The van der Waals surface area contributed by atoms with E-state index in [1.807, 2.05) is 12.1 Å². The molecule has 6 aromatic rings. The highest BCUT2D eigenvalue weighted by molar-refractivity contribution is 6.31. The van der Waals surface area contributed by atoms with E-state index < -0.39 is 0 Å². The molecule has 2 heteroatoms. The van der Waals surface area contributed by atoms with Crippen molar-refractivity contribution >= 4 is 44.2 Å². The Kier molecular flexibility index (Phi) is 3.90. The highest BCUT2D eigenvalue weighted by atomic mass is 35.5. The van der Waals surface area contributed by atoms with E-state index in [2.05, 4.69) is 102 Å². The molecule has 0 fully saturated rings. The van der Waals surface area contributed by atoms with Crippen LogP contribution in [0.3, 0.4) is 0 Å². The molecule has 0 bridgehead atoms. The largest absolute Gasteiger partial charge is 0.309 e. The molecule has 0 atom stereocenters. The molecule has 0 N–H and O–H groups in total. The minimum atomic E-state index is 0.751. The second kappa shape index (κ2) is 6.76. The van der Waals surface area contributed by atoms with Gasteiger partial charge >= 0.3 is 0 Å². The van der Waals surface area contributed by atoms with Crippen LogP contribution in [0, 0.1) is 0 Å². The van der Waals surface area contributed by atoms with Gasteiger partial charge in [-0.3, -0.25) is 0 Å². The van der Waals surface area contributed by atoms with Gasteiger partial charge in [-0.05, 0) is 52.9 Å². The van der Waals surface area contributed by atoms with Crippen LogP contribution in [-0.4, -0.2) is 4.57 Å². The molecule has 142 valence electrons. The molecule has 0 radical (unpaired) electrons. The van der Waals surface area contributed by atoms with Crippen molar-refractivity contribution in [1.29, 1.82) is 0 Å². The Bertz CT molecular complexity index is 1540. The number of halogens is 1. The highest BCUT2D eigenvalue weighted by Gasteiger charge is 2.18. The lowest BCUT2D eigenvalue weighted by Crippen LogP contribution is -1.94. The fraction of sp³-hybridized carbons (Fsp3) is 0. The third-order valence-electron chi connectivity index (χ3n) is 5.81. The SMILES string of the molecule is Clc1cccc(-c2cc3ccccc3c3c2c2ccccc2n3-c2ccccc2)c1. The molecule has 0 spiro atoms. The highest BCUT2D eigenvalue weighted by Crippen LogP contribution is 2.42. The molecule has 0 aliphatic heterocycles. The first-order chi connectivity index (χ1) is 14.8. The molecule has 1 nitrogen and oxygen atoms in total. The van der Waals surface area contributed by atoms with Crippen molar-refractivity contribution in [2.45, 2.75) is 0 Å². The fourth-order valence-corrected chi connectivity index (χ4v) is 4.75. The Labute approximate surface area is 179 Å². The molecule has 5 aromatic carbocycles. The first-order valence-corrected chi connectivity index (χ1v) is 10.5. The van der Waals surface area contributed by atoms with E-state index in [1.165, 1.54) is 38.1 Å². The van der Waals surface area contributed by atoms with Crippen molar-refractivity contribution in [3.05, 3.63) is 114 Å². The zero-order chi connectivity index (χ0) is 20.1. The summed E-state index contributed by atoms with van der Waals surface area (Å²) < 4.78 is 2.39. The van der Waals surface area contributed by atoms with Gasteiger partial charge in [-0.1, -0.05) is 84.4 Å². The van der Waals surface area contributed by atoms with E-state index in [1.54, 1.807) is 0 Å². The van der Waals surface area contributed by atoms with Gasteiger partial charge in [0.05, 0.1) is 11.0 Å². The number of para-hydroxylation sites is 2. The molecule has 1 heterocycles. The molecule has 0 saturated carbocycles.